The molecule has 84 valence electrons. The molecule has 1 aromatic carbocycles. The standard InChI is InChI=1S/C13H16N2O/c1-11-5-2-3-7-13(11)15-10-12(9-14-15)6-4-8-16/h2-3,5,7,9-10,16H,4,6,8H2,1H3. The summed E-state index contributed by atoms with van der Waals surface area (Å²) in [6, 6.07) is 8.16. The van der Waals surface area contributed by atoms with Gasteiger partial charge < -0.3 is 5.11 Å². The van der Waals surface area contributed by atoms with E-state index in [0.717, 1.165) is 24.1 Å². The minimum atomic E-state index is 0.232. The van der Waals surface area contributed by atoms with Crippen LogP contribution in [-0.2, 0) is 6.42 Å². The van der Waals surface area contributed by atoms with Gasteiger partial charge in [0.15, 0.2) is 0 Å². The molecule has 2 rings (SSSR count). The van der Waals surface area contributed by atoms with E-state index in [9.17, 15) is 0 Å². The molecule has 1 N–H and O–H groups in total. The first-order valence-electron chi connectivity index (χ1n) is 5.51. The molecule has 0 radical (unpaired) electrons. The third-order valence-corrected chi connectivity index (χ3v) is 2.62. The number of rotatable bonds is 4. The third kappa shape index (κ3) is 2.31. The van der Waals surface area contributed by atoms with Crippen molar-refractivity contribution >= 4 is 0 Å². The molecule has 3 heteroatoms. The van der Waals surface area contributed by atoms with Crippen LogP contribution in [0.5, 0.6) is 0 Å². The van der Waals surface area contributed by atoms with E-state index in [0.29, 0.717) is 0 Å². The first-order valence-corrected chi connectivity index (χ1v) is 5.51. The molecule has 0 amide bonds. The number of nitrogens with zero attached hydrogens (tertiary/aromatic N) is 2. The Hall–Kier alpha value is -1.61. The Balaban J connectivity index is 2.22. The number of benzene rings is 1. The Labute approximate surface area is 95.3 Å². The van der Waals surface area contributed by atoms with Gasteiger partial charge in [-0.3, -0.25) is 0 Å². The van der Waals surface area contributed by atoms with Gasteiger partial charge in [-0.05, 0) is 37.0 Å². The molecule has 1 heterocycles. The summed E-state index contributed by atoms with van der Waals surface area (Å²) < 4.78 is 1.89. The van der Waals surface area contributed by atoms with Gasteiger partial charge in [-0.2, -0.15) is 5.10 Å². The van der Waals surface area contributed by atoms with Gasteiger partial charge in [0.1, 0.15) is 0 Å². The molecular formula is C13H16N2O. The van der Waals surface area contributed by atoms with Crippen LogP contribution in [0.1, 0.15) is 17.5 Å². The lowest BCUT2D eigenvalue weighted by molar-refractivity contribution is 0.288. The average Bonchev–Trinajstić information content (AvgIpc) is 2.75. The second kappa shape index (κ2) is 4.94. The molecule has 0 saturated carbocycles. The van der Waals surface area contributed by atoms with Crippen LogP contribution in [0.4, 0.5) is 0 Å². The van der Waals surface area contributed by atoms with Crippen LogP contribution >= 0.6 is 0 Å². The molecule has 0 atom stereocenters. The van der Waals surface area contributed by atoms with Gasteiger partial charge in [-0.15, -0.1) is 0 Å². The topological polar surface area (TPSA) is 38.0 Å². The highest BCUT2D eigenvalue weighted by molar-refractivity contribution is 5.39. The number of aromatic nitrogens is 2. The van der Waals surface area contributed by atoms with Crippen LogP contribution < -0.4 is 0 Å². The summed E-state index contributed by atoms with van der Waals surface area (Å²) in [5.74, 6) is 0. The molecule has 3 nitrogen and oxygen atoms in total. The Bertz CT molecular complexity index is 462. The smallest absolute Gasteiger partial charge is 0.0674 e. The Morgan fingerprint density at radius 2 is 2.12 bits per heavy atom. The van der Waals surface area contributed by atoms with E-state index in [4.69, 9.17) is 5.11 Å². The van der Waals surface area contributed by atoms with E-state index in [1.807, 2.05) is 29.2 Å². The van der Waals surface area contributed by atoms with Crippen molar-refractivity contribution in [1.82, 2.24) is 9.78 Å². The summed E-state index contributed by atoms with van der Waals surface area (Å²) >= 11 is 0. The molecule has 0 fully saturated rings. The fourth-order valence-electron chi connectivity index (χ4n) is 1.72. The van der Waals surface area contributed by atoms with Crippen LogP contribution in [0.2, 0.25) is 0 Å². The van der Waals surface area contributed by atoms with Gasteiger partial charge in [-0.25, -0.2) is 4.68 Å². The zero-order valence-corrected chi connectivity index (χ0v) is 9.43. The Kier molecular flexibility index (Phi) is 3.37. The zero-order chi connectivity index (χ0) is 11.4. The molecule has 2 aromatic rings. The van der Waals surface area contributed by atoms with Crippen LogP contribution in [0.25, 0.3) is 5.69 Å². The Morgan fingerprint density at radius 3 is 2.88 bits per heavy atom. The van der Waals surface area contributed by atoms with Crippen molar-refractivity contribution in [3.63, 3.8) is 0 Å². The lowest BCUT2D eigenvalue weighted by atomic mass is 10.2. The summed E-state index contributed by atoms with van der Waals surface area (Å²) in [6.45, 7) is 2.31. The molecular weight excluding hydrogens is 200 g/mol. The first-order chi connectivity index (χ1) is 7.81. The lowest BCUT2D eigenvalue weighted by Crippen LogP contribution is -1.96. The number of hydrogen-bond acceptors (Lipinski definition) is 2. The quantitative estimate of drug-likeness (QED) is 0.850. The maximum atomic E-state index is 8.77. The molecule has 0 aliphatic carbocycles. The molecule has 0 unspecified atom stereocenters. The monoisotopic (exact) mass is 216 g/mol. The largest absolute Gasteiger partial charge is 0.396 e. The molecule has 0 saturated heterocycles. The highest BCUT2D eigenvalue weighted by Gasteiger charge is 2.02. The fourth-order valence-corrected chi connectivity index (χ4v) is 1.72. The number of para-hydroxylation sites is 1. The van der Waals surface area contributed by atoms with Gasteiger partial charge in [0.05, 0.1) is 11.9 Å². The molecule has 0 spiro atoms. The van der Waals surface area contributed by atoms with Gasteiger partial charge >= 0.3 is 0 Å². The number of aliphatic hydroxyl groups excluding tert-OH is 1. The van der Waals surface area contributed by atoms with Crippen LogP contribution in [0.3, 0.4) is 0 Å². The van der Waals surface area contributed by atoms with Crippen molar-refractivity contribution in [2.45, 2.75) is 19.8 Å². The SMILES string of the molecule is Cc1ccccc1-n1cc(CCCO)cn1. The van der Waals surface area contributed by atoms with Gasteiger partial charge in [0.25, 0.3) is 0 Å². The summed E-state index contributed by atoms with van der Waals surface area (Å²) in [5, 5.41) is 13.1. The second-order valence-corrected chi connectivity index (χ2v) is 3.91. The zero-order valence-electron chi connectivity index (χ0n) is 9.43. The number of aryl methyl sites for hydroxylation is 2. The molecule has 0 aliphatic rings. The van der Waals surface area contributed by atoms with Crippen molar-refractivity contribution in [2.75, 3.05) is 6.61 Å². The van der Waals surface area contributed by atoms with Crippen molar-refractivity contribution < 1.29 is 5.11 Å². The fraction of sp³-hybridized carbons (Fsp3) is 0.308. The van der Waals surface area contributed by atoms with Crippen LogP contribution in [-0.4, -0.2) is 21.5 Å². The molecule has 1 aromatic heterocycles. The second-order valence-electron chi connectivity index (χ2n) is 3.91. The van der Waals surface area contributed by atoms with Crippen molar-refractivity contribution in [1.29, 1.82) is 0 Å². The number of hydrogen-bond donors (Lipinski definition) is 1. The average molecular weight is 216 g/mol. The summed E-state index contributed by atoms with van der Waals surface area (Å²) in [7, 11) is 0. The van der Waals surface area contributed by atoms with Crippen molar-refractivity contribution in [3.8, 4) is 5.69 Å². The van der Waals surface area contributed by atoms with Crippen molar-refractivity contribution in [3.05, 3.63) is 47.8 Å². The predicted octanol–water partition coefficient (Wildman–Crippen LogP) is 2.11. The molecule has 0 bridgehead atoms. The van der Waals surface area contributed by atoms with E-state index in [2.05, 4.69) is 24.2 Å². The maximum Gasteiger partial charge on any atom is 0.0674 e. The minimum Gasteiger partial charge on any atom is -0.396 e. The third-order valence-electron chi connectivity index (χ3n) is 2.62. The summed E-state index contributed by atoms with van der Waals surface area (Å²) in [6.07, 6.45) is 5.56. The van der Waals surface area contributed by atoms with Gasteiger partial charge in [-0.1, -0.05) is 18.2 Å². The highest BCUT2D eigenvalue weighted by atomic mass is 16.2. The number of aliphatic hydroxyl groups is 1. The normalized spacial score (nSPS) is 10.6. The maximum absolute atomic E-state index is 8.77. The van der Waals surface area contributed by atoms with Crippen molar-refractivity contribution in [2.24, 2.45) is 0 Å². The first kappa shape index (κ1) is 10.9. The van der Waals surface area contributed by atoms with Crippen LogP contribution in [0.15, 0.2) is 36.7 Å². The van der Waals surface area contributed by atoms with E-state index < -0.39 is 0 Å². The van der Waals surface area contributed by atoms with E-state index >= 15 is 0 Å². The van der Waals surface area contributed by atoms with Crippen LogP contribution in [0, 0.1) is 6.92 Å². The summed E-state index contributed by atoms with van der Waals surface area (Å²) in [5.41, 5.74) is 3.48. The Morgan fingerprint density at radius 1 is 1.31 bits per heavy atom. The predicted molar refractivity (Wildman–Crippen MR) is 63.7 cm³/mol. The highest BCUT2D eigenvalue weighted by Crippen LogP contribution is 2.13. The van der Waals surface area contributed by atoms with E-state index in [-0.39, 0.29) is 6.61 Å². The lowest BCUT2D eigenvalue weighted by Gasteiger charge is -2.04. The molecule has 0 aliphatic heterocycles. The summed E-state index contributed by atoms with van der Waals surface area (Å²) in [4.78, 5) is 0. The van der Waals surface area contributed by atoms with Gasteiger partial charge in [0.2, 0.25) is 0 Å². The van der Waals surface area contributed by atoms with E-state index in [1.165, 1.54) is 5.56 Å². The molecule has 16 heavy (non-hydrogen) atoms. The van der Waals surface area contributed by atoms with E-state index in [1.54, 1.807) is 0 Å². The minimum absolute atomic E-state index is 0.232. The van der Waals surface area contributed by atoms with Gasteiger partial charge in [0, 0.05) is 12.8 Å².